The molecule has 1 aliphatic heterocycles. The van der Waals surface area contributed by atoms with Gasteiger partial charge in [-0.1, -0.05) is 25.1 Å². The van der Waals surface area contributed by atoms with E-state index < -0.39 is 0 Å². The second-order valence-electron chi connectivity index (χ2n) is 6.91. The van der Waals surface area contributed by atoms with Gasteiger partial charge in [0.15, 0.2) is 0 Å². The van der Waals surface area contributed by atoms with Crippen molar-refractivity contribution in [1.82, 2.24) is 19.9 Å². The molecule has 0 spiro atoms. The summed E-state index contributed by atoms with van der Waals surface area (Å²) in [5.41, 5.74) is 2.57. The number of carbonyl (C=O) groups excluding carboxylic acids is 1. The van der Waals surface area contributed by atoms with Crippen LogP contribution in [0.1, 0.15) is 23.0 Å². The number of hydrogen-bond donors (Lipinski definition) is 1. The highest BCUT2D eigenvalue weighted by molar-refractivity contribution is 5.92. The van der Waals surface area contributed by atoms with Gasteiger partial charge in [-0.2, -0.15) is 0 Å². The van der Waals surface area contributed by atoms with Crippen molar-refractivity contribution >= 4 is 23.4 Å². The second kappa shape index (κ2) is 8.68. The number of aromatic nitrogens is 3. The molecule has 0 radical (unpaired) electrons. The highest BCUT2D eigenvalue weighted by Crippen LogP contribution is 2.16. The molecule has 3 aromatic rings. The minimum atomic E-state index is -0.0718. The molecular weight excluding hydrogens is 364 g/mol. The smallest absolute Gasteiger partial charge is 0.272 e. The third kappa shape index (κ3) is 4.51. The van der Waals surface area contributed by atoms with Crippen LogP contribution in [0, 0.1) is 0 Å². The molecule has 7 heteroatoms. The Kier molecular flexibility index (Phi) is 5.65. The molecular formula is C22H24N6O. The molecule has 0 unspecified atom stereocenters. The number of piperazine rings is 1. The van der Waals surface area contributed by atoms with Gasteiger partial charge < -0.3 is 15.1 Å². The van der Waals surface area contributed by atoms with Gasteiger partial charge in [0.2, 0.25) is 5.95 Å². The van der Waals surface area contributed by atoms with Crippen LogP contribution in [0.2, 0.25) is 0 Å². The lowest BCUT2D eigenvalue weighted by Crippen LogP contribution is -2.49. The summed E-state index contributed by atoms with van der Waals surface area (Å²) in [7, 11) is 0. The largest absolute Gasteiger partial charge is 0.353 e. The summed E-state index contributed by atoms with van der Waals surface area (Å²) in [5, 5.41) is 3.17. The Morgan fingerprint density at radius 1 is 0.966 bits per heavy atom. The maximum absolute atomic E-state index is 12.9. The normalized spacial score (nSPS) is 14.0. The van der Waals surface area contributed by atoms with Crippen molar-refractivity contribution in [3.63, 3.8) is 0 Å². The maximum atomic E-state index is 12.9. The van der Waals surface area contributed by atoms with Gasteiger partial charge in [0.05, 0.1) is 0 Å². The first kappa shape index (κ1) is 18.9. The van der Waals surface area contributed by atoms with E-state index in [1.54, 1.807) is 18.5 Å². The van der Waals surface area contributed by atoms with E-state index in [0.717, 1.165) is 31.0 Å². The highest BCUT2D eigenvalue weighted by Gasteiger charge is 2.23. The second-order valence-corrected chi connectivity index (χ2v) is 6.91. The first-order valence-corrected chi connectivity index (χ1v) is 9.87. The van der Waals surface area contributed by atoms with Crippen molar-refractivity contribution < 1.29 is 4.79 Å². The van der Waals surface area contributed by atoms with Crippen LogP contribution in [0.3, 0.4) is 0 Å². The summed E-state index contributed by atoms with van der Waals surface area (Å²) in [5.74, 6) is 1.30. The zero-order valence-corrected chi connectivity index (χ0v) is 16.5. The predicted octanol–water partition coefficient (Wildman–Crippen LogP) is 3.14. The van der Waals surface area contributed by atoms with Crippen molar-refractivity contribution in [2.45, 2.75) is 13.3 Å². The minimum Gasteiger partial charge on any atom is -0.353 e. The molecule has 148 valence electrons. The van der Waals surface area contributed by atoms with Crippen LogP contribution in [0.15, 0.2) is 60.9 Å². The van der Waals surface area contributed by atoms with Crippen LogP contribution in [-0.4, -0.2) is 51.9 Å². The van der Waals surface area contributed by atoms with Gasteiger partial charge in [-0.3, -0.25) is 4.79 Å². The third-order valence-corrected chi connectivity index (χ3v) is 5.03. The Morgan fingerprint density at radius 3 is 2.45 bits per heavy atom. The van der Waals surface area contributed by atoms with Crippen molar-refractivity contribution in [2.24, 2.45) is 0 Å². The van der Waals surface area contributed by atoms with Gasteiger partial charge in [0.25, 0.3) is 5.91 Å². The van der Waals surface area contributed by atoms with Crippen LogP contribution in [0.25, 0.3) is 0 Å². The predicted molar refractivity (Wildman–Crippen MR) is 113 cm³/mol. The Bertz CT molecular complexity index is 953. The number of hydrogen-bond acceptors (Lipinski definition) is 6. The van der Waals surface area contributed by atoms with Crippen molar-refractivity contribution in [3.8, 4) is 0 Å². The van der Waals surface area contributed by atoms with Crippen molar-refractivity contribution in [2.75, 3.05) is 36.4 Å². The molecule has 1 aromatic carbocycles. The van der Waals surface area contributed by atoms with E-state index in [2.05, 4.69) is 44.2 Å². The minimum absolute atomic E-state index is 0.0718. The van der Waals surface area contributed by atoms with E-state index in [9.17, 15) is 4.79 Å². The number of nitrogens with one attached hydrogen (secondary N) is 1. The molecule has 0 saturated carbocycles. The molecule has 0 bridgehead atoms. The van der Waals surface area contributed by atoms with Crippen LogP contribution in [0.4, 0.5) is 17.5 Å². The summed E-state index contributed by atoms with van der Waals surface area (Å²) in [4.78, 5) is 30.0. The summed E-state index contributed by atoms with van der Waals surface area (Å²) >= 11 is 0. The van der Waals surface area contributed by atoms with Crippen LogP contribution in [0.5, 0.6) is 0 Å². The Hall–Kier alpha value is -3.48. The number of carbonyl (C=O) groups is 1. The standard InChI is InChI=1S/C22H24N6O/c1-2-17-6-8-18(9-7-17)25-22-24-12-10-19(26-22)21(29)28-15-13-27(14-16-28)20-5-3-4-11-23-20/h3-12H,2,13-16H2,1H3,(H,24,25,26). The number of anilines is 3. The number of aryl methyl sites for hydroxylation is 1. The fourth-order valence-corrected chi connectivity index (χ4v) is 3.33. The lowest BCUT2D eigenvalue weighted by molar-refractivity contribution is 0.0740. The molecule has 0 atom stereocenters. The zero-order valence-electron chi connectivity index (χ0n) is 16.5. The average molecular weight is 388 g/mol. The van der Waals surface area contributed by atoms with Crippen LogP contribution >= 0.6 is 0 Å². The first-order chi connectivity index (χ1) is 14.2. The Balaban J connectivity index is 1.39. The van der Waals surface area contributed by atoms with E-state index in [-0.39, 0.29) is 5.91 Å². The fourth-order valence-electron chi connectivity index (χ4n) is 3.33. The first-order valence-electron chi connectivity index (χ1n) is 9.87. The monoisotopic (exact) mass is 388 g/mol. The molecule has 1 fully saturated rings. The SMILES string of the molecule is CCc1ccc(Nc2nccc(C(=O)N3CCN(c4ccccn4)CC3)n2)cc1. The molecule has 4 rings (SSSR count). The van der Waals surface area contributed by atoms with E-state index in [4.69, 9.17) is 0 Å². The van der Waals surface area contributed by atoms with E-state index >= 15 is 0 Å². The molecule has 29 heavy (non-hydrogen) atoms. The lowest BCUT2D eigenvalue weighted by atomic mass is 10.1. The van der Waals surface area contributed by atoms with E-state index in [1.165, 1.54) is 5.56 Å². The topological polar surface area (TPSA) is 74.2 Å². The Morgan fingerprint density at radius 2 is 1.76 bits per heavy atom. The fraction of sp³-hybridized carbons (Fsp3) is 0.273. The molecule has 3 heterocycles. The molecule has 1 N–H and O–H groups in total. The van der Waals surface area contributed by atoms with Crippen molar-refractivity contribution in [3.05, 3.63) is 72.2 Å². The van der Waals surface area contributed by atoms with Gasteiger partial charge in [0, 0.05) is 44.3 Å². The molecule has 0 aliphatic carbocycles. The summed E-state index contributed by atoms with van der Waals surface area (Å²) in [6, 6.07) is 15.7. The zero-order chi connectivity index (χ0) is 20.1. The molecule has 1 amide bonds. The maximum Gasteiger partial charge on any atom is 0.272 e. The van der Waals surface area contributed by atoms with Crippen LogP contribution in [-0.2, 0) is 6.42 Å². The van der Waals surface area contributed by atoms with Crippen LogP contribution < -0.4 is 10.2 Å². The third-order valence-electron chi connectivity index (χ3n) is 5.03. The Labute approximate surface area is 170 Å². The molecule has 1 aliphatic rings. The number of pyridine rings is 1. The van der Waals surface area contributed by atoms with Crippen molar-refractivity contribution in [1.29, 1.82) is 0 Å². The summed E-state index contributed by atoms with van der Waals surface area (Å²) < 4.78 is 0. The van der Waals surface area contributed by atoms with E-state index in [0.29, 0.717) is 24.7 Å². The molecule has 1 saturated heterocycles. The number of nitrogens with zero attached hydrogens (tertiary/aromatic N) is 5. The average Bonchev–Trinajstić information content (AvgIpc) is 2.80. The van der Waals surface area contributed by atoms with Gasteiger partial charge in [-0.05, 0) is 42.3 Å². The lowest BCUT2D eigenvalue weighted by Gasteiger charge is -2.35. The molecule has 7 nitrogen and oxygen atoms in total. The van der Waals surface area contributed by atoms with Gasteiger partial charge in [-0.15, -0.1) is 0 Å². The van der Waals surface area contributed by atoms with Gasteiger partial charge in [0.1, 0.15) is 11.5 Å². The highest BCUT2D eigenvalue weighted by atomic mass is 16.2. The van der Waals surface area contributed by atoms with E-state index in [1.807, 2.05) is 35.2 Å². The molecule has 2 aromatic heterocycles. The van der Waals surface area contributed by atoms with Gasteiger partial charge >= 0.3 is 0 Å². The number of rotatable bonds is 5. The quantitative estimate of drug-likeness (QED) is 0.724. The van der Waals surface area contributed by atoms with Gasteiger partial charge in [-0.25, -0.2) is 15.0 Å². The number of amides is 1. The summed E-state index contributed by atoms with van der Waals surface area (Å²) in [6.45, 7) is 4.91. The number of benzene rings is 1. The summed E-state index contributed by atoms with van der Waals surface area (Å²) in [6.07, 6.45) is 4.40.